The molecular formula is C9H14O. The Bertz CT molecular complexity index is 164. The van der Waals surface area contributed by atoms with E-state index >= 15 is 0 Å². The van der Waals surface area contributed by atoms with Gasteiger partial charge in [0.15, 0.2) is 0 Å². The first-order valence-corrected chi connectivity index (χ1v) is 4.21. The lowest BCUT2D eigenvalue weighted by Gasteiger charge is -2.27. The fraction of sp³-hybridized carbons (Fsp3) is 0.889. The zero-order valence-electron chi connectivity index (χ0n) is 6.47. The summed E-state index contributed by atoms with van der Waals surface area (Å²) in [5.41, 5.74) is 0.0723. The molecule has 3 atom stereocenters. The highest BCUT2D eigenvalue weighted by Gasteiger charge is 2.47. The van der Waals surface area contributed by atoms with E-state index in [9.17, 15) is 4.79 Å². The average Bonchev–Trinajstić information content (AvgIpc) is 2.46. The van der Waals surface area contributed by atoms with E-state index in [1.807, 2.05) is 0 Å². The van der Waals surface area contributed by atoms with E-state index in [1.165, 1.54) is 32.0 Å². The zero-order chi connectivity index (χ0) is 7.19. The van der Waals surface area contributed by atoms with E-state index in [0.29, 0.717) is 0 Å². The maximum atomic E-state index is 10.7. The zero-order valence-corrected chi connectivity index (χ0v) is 6.47. The van der Waals surface area contributed by atoms with Crippen molar-refractivity contribution in [3.8, 4) is 0 Å². The molecule has 0 N–H and O–H groups in total. The highest BCUT2D eigenvalue weighted by molar-refractivity contribution is 5.60. The Morgan fingerprint density at radius 1 is 1.50 bits per heavy atom. The molecule has 56 valence electrons. The number of carbonyl (C=O) groups excluding carboxylic acids is 1. The molecule has 2 aliphatic carbocycles. The second kappa shape index (κ2) is 1.84. The van der Waals surface area contributed by atoms with E-state index in [1.54, 1.807) is 0 Å². The Labute approximate surface area is 61.8 Å². The van der Waals surface area contributed by atoms with Crippen LogP contribution in [0, 0.1) is 17.3 Å². The lowest BCUT2D eigenvalue weighted by atomic mass is 9.76. The number of rotatable bonds is 1. The average molecular weight is 138 g/mol. The molecule has 1 nitrogen and oxygen atoms in total. The van der Waals surface area contributed by atoms with Crippen LogP contribution in [0.2, 0.25) is 0 Å². The van der Waals surface area contributed by atoms with Gasteiger partial charge in [-0.15, -0.1) is 0 Å². The lowest BCUT2D eigenvalue weighted by Crippen LogP contribution is -2.25. The highest BCUT2D eigenvalue weighted by atomic mass is 16.1. The minimum Gasteiger partial charge on any atom is -0.303 e. The molecule has 2 bridgehead atoms. The fourth-order valence-corrected chi connectivity index (χ4v) is 2.79. The van der Waals surface area contributed by atoms with Crippen LogP contribution in [0.25, 0.3) is 0 Å². The third kappa shape index (κ3) is 0.664. The summed E-state index contributed by atoms with van der Waals surface area (Å²) in [5, 5.41) is 0. The van der Waals surface area contributed by atoms with Crippen LogP contribution in [-0.4, -0.2) is 6.29 Å². The Balaban J connectivity index is 2.21. The molecule has 0 spiro atoms. The molecule has 10 heavy (non-hydrogen) atoms. The summed E-state index contributed by atoms with van der Waals surface area (Å²) < 4.78 is 0. The first-order chi connectivity index (χ1) is 4.74. The molecule has 0 saturated heterocycles. The minimum atomic E-state index is 0.0723. The highest BCUT2D eigenvalue weighted by Crippen LogP contribution is 2.54. The minimum absolute atomic E-state index is 0.0723. The van der Waals surface area contributed by atoms with Gasteiger partial charge in [0, 0.05) is 5.41 Å². The number of hydrogen-bond donors (Lipinski definition) is 0. The topological polar surface area (TPSA) is 17.1 Å². The number of hydrogen-bond acceptors (Lipinski definition) is 1. The van der Waals surface area contributed by atoms with Crippen LogP contribution in [-0.2, 0) is 4.79 Å². The van der Waals surface area contributed by atoms with Crippen molar-refractivity contribution in [2.24, 2.45) is 17.3 Å². The van der Waals surface area contributed by atoms with Gasteiger partial charge in [0.1, 0.15) is 6.29 Å². The molecule has 2 rings (SSSR count). The van der Waals surface area contributed by atoms with Crippen molar-refractivity contribution in [1.82, 2.24) is 0 Å². The molecule has 2 aliphatic rings. The lowest BCUT2D eigenvalue weighted by molar-refractivity contribution is -0.117. The molecule has 0 aromatic carbocycles. The third-order valence-corrected chi connectivity index (χ3v) is 3.47. The SMILES string of the molecule is C[C@@]1(C=O)C[C@H]2CC[C@@H]1C2. The molecule has 0 aliphatic heterocycles. The van der Waals surface area contributed by atoms with Crippen LogP contribution >= 0.6 is 0 Å². The van der Waals surface area contributed by atoms with Crippen molar-refractivity contribution < 1.29 is 4.79 Å². The number of aldehydes is 1. The van der Waals surface area contributed by atoms with Crippen molar-refractivity contribution in [2.45, 2.75) is 32.6 Å². The van der Waals surface area contributed by atoms with E-state index in [4.69, 9.17) is 0 Å². The quantitative estimate of drug-likeness (QED) is 0.506. The van der Waals surface area contributed by atoms with Crippen molar-refractivity contribution in [1.29, 1.82) is 0 Å². The molecule has 2 fully saturated rings. The molecule has 0 aromatic heterocycles. The van der Waals surface area contributed by atoms with Gasteiger partial charge in [0.2, 0.25) is 0 Å². The summed E-state index contributed by atoms with van der Waals surface area (Å²) in [6.07, 6.45) is 6.38. The summed E-state index contributed by atoms with van der Waals surface area (Å²) in [5.74, 6) is 1.62. The van der Waals surface area contributed by atoms with Crippen LogP contribution in [0.1, 0.15) is 32.6 Å². The van der Waals surface area contributed by atoms with Gasteiger partial charge in [0.25, 0.3) is 0 Å². The van der Waals surface area contributed by atoms with E-state index in [-0.39, 0.29) is 5.41 Å². The first kappa shape index (κ1) is 6.38. The Morgan fingerprint density at radius 3 is 2.60 bits per heavy atom. The summed E-state index contributed by atoms with van der Waals surface area (Å²) in [6.45, 7) is 2.13. The standard InChI is InChI=1S/C9H14O/c1-9(6-10)5-7-2-3-8(9)4-7/h6-8H,2-5H2,1H3/t7-,8+,9-/m0/s1. The monoisotopic (exact) mass is 138 g/mol. The normalized spacial score (nSPS) is 51.7. The molecule has 2 saturated carbocycles. The molecular weight excluding hydrogens is 124 g/mol. The van der Waals surface area contributed by atoms with Gasteiger partial charge in [-0.25, -0.2) is 0 Å². The molecule has 0 amide bonds. The molecule has 1 heteroatoms. The van der Waals surface area contributed by atoms with Gasteiger partial charge in [0.05, 0.1) is 0 Å². The number of carbonyl (C=O) groups is 1. The van der Waals surface area contributed by atoms with Crippen molar-refractivity contribution in [3.63, 3.8) is 0 Å². The molecule has 0 aromatic rings. The number of fused-ring (bicyclic) bond motifs is 2. The smallest absolute Gasteiger partial charge is 0.126 e. The third-order valence-electron chi connectivity index (χ3n) is 3.47. The van der Waals surface area contributed by atoms with Gasteiger partial charge in [-0.3, -0.25) is 0 Å². The summed E-state index contributed by atoms with van der Waals surface area (Å²) >= 11 is 0. The Kier molecular flexibility index (Phi) is 1.17. The second-order valence-electron chi connectivity index (χ2n) is 4.20. The van der Waals surface area contributed by atoms with Gasteiger partial charge in [-0.1, -0.05) is 13.3 Å². The Morgan fingerprint density at radius 2 is 2.30 bits per heavy atom. The van der Waals surface area contributed by atoms with Crippen LogP contribution in [0.3, 0.4) is 0 Å². The van der Waals surface area contributed by atoms with Crippen LogP contribution < -0.4 is 0 Å². The maximum Gasteiger partial charge on any atom is 0.126 e. The molecule has 0 heterocycles. The van der Waals surface area contributed by atoms with E-state index < -0.39 is 0 Å². The largest absolute Gasteiger partial charge is 0.303 e. The summed E-state index contributed by atoms with van der Waals surface area (Å²) in [7, 11) is 0. The van der Waals surface area contributed by atoms with Gasteiger partial charge in [-0.05, 0) is 31.1 Å². The Hall–Kier alpha value is -0.330. The van der Waals surface area contributed by atoms with Crippen molar-refractivity contribution in [3.05, 3.63) is 0 Å². The predicted molar refractivity (Wildman–Crippen MR) is 39.6 cm³/mol. The van der Waals surface area contributed by atoms with Gasteiger partial charge < -0.3 is 4.79 Å². The van der Waals surface area contributed by atoms with E-state index in [2.05, 4.69) is 6.92 Å². The van der Waals surface area contributed by atoms with E-state index in [0.717, 1.165) is 11.8 Å². The maximum absolute atomic E-state index is 10.7. The first-order valence-electron chi connectivity index (χ1n) is 4.21. The molecule has 0 radical (unpaired) electrons. The van der Waals surface area contributed by atoms with Crippen molar-refractivity contribution in [2.75, 3.05) is 0 Å². The predicted octanol–water partition coefficient (Wildman–Crippen LogP) is 2.01. The van der Waals surface area contributed by atoms with Gasteiger partial charge >= 0.3 is 0 Å². The summed E-state index contributed by atoms with van der Waals surface area (Å²) in [4.78, 5) is 10.7. The summed E-state index contributed by atoms with van der Waals surface area (Å²) in [6, 6.07) is 0. The second-order valence-corrected chi connectivity index (χ2v) is 4.20. The fourth-order valence-electron chi connectivity index (χ4n) is 2.79. The van der Waals surface area contributed by atoms with Crippen LogP contribution in [0.4, 0.5) is 0 Å². The molecule has 0 unspecified atom stereocenters. The van der Waals surface area contributed by atoms with Crippen LogP contribution in [0.15, 0.2) is 0 Å². The van der Waals surface area contributed by atoms with Crippen LogP contribution in [0.5, 0.6) is 0 Å². The van der Waals surface area contributed by atoms with Gasteiger partial charge in [-0.2, -0.15) is 0 Å². The van der Waals surface area contributed by atoms with Crippen molar-refractivity contribution >= 4 is 6.29 Å².